The fraction of sp³-hybridized carbons (Fsp3) is 0.273. The average Bonchev–Trinajstić information content (AvgIpc) is 2.86. The normalized spacial score (nSPS) is 12.2. The summed E-state index contributed by atoms with van der Waals surface area (Å²) in [5.41, 5.74) is 6.34. The molecule has 4 N–H and O–H groups in total. The minimum absolute atomic E-state index is 0.124. The van der Waals surface area contributed by atoms with Crippen LogP contribution in [0.5, 0.6) is 5.88 Å². The maximum atomic E-state index is 8.95. The van der Waals surface area contributed by atoms with Gasteiger partial charge in [-0.1, -0.05) is 6.07 Å². The van der Waals surface area contributed by atoms with E-state index >= 15 is 0 Å². The third kappa shape index (κ3) is 2.95. The molecular weight excluding hydrogens is 252 g/mol. The minimum Gasteiger partial charge on any atom is -0.481 e. The van der Waals surface area contributed by atoms with Crippen LogP contribution < -0.4 is 15.8 Å². The summed E-state index contributed by atoms with van der Waals surface area (Å²) < 4.78 is 5.03. The number of hydrogen-bond acceptors (Lipinski definition) is 7. The van der Waals surface area contributed by atoms with Crippen LogP contribution in [0.3, 0.4) is 0 Å². The summed E-state index contributed by atoms with van der Waals surface area (Å²) >= 11 is 1.41. The first kappa shape index (κ1) is 12.7. The van der Waals surface area contributed by atoms with Gasteiger partial charge in [0.1, 0.15) is 5.82 Å². The van der Waals surface area contributed by atoms with Crippen molar-refractivity contribution in [1.82, 2.24) is 9.97 Å². The zero-order valence-corrected chi connectivity index (χ0v) is 10.6. The van der Waals surface area contributed by atoms with Crippen LogP contribution in [0.15, 0.2) is 23.6 Å². The number of aromatic nitrogens is 2. The third-order valence-corrected chi connectivity index (χ3v) is 3.04. The van der Waals surface area contributed by atoms with Crippen molar-refractivity contribution >= 4 is 22.3 Å². The molecule has 7 heteroatoms. The van der Waals surface area contributed by atoms with Crippen LogP contribution >= 0.6 is 11.3 Å². The van der Waals surface area contributed by atoms with Gasteiger partial charge in [-0.3, -0.25) is 0 Å². The van der Waals surface area contributed by atoms with Crippen LogP contribution in [-0.4, -0.2) is 28.8 Å². The van der Waals surface area contributed by atoms with E-state index in [0.29, 0.717) is 22.5 Å². The summed E-state index contributed by atoms with van der Waals surface area (Å²) in [7, 11) is 1.56. The largest absolute Gasteiger partial charge is 0.481 e. The van der Waals surface area contributed by atoms with Gasteiger partial charge < -0.3 is 20.9 Å². The van der Waals surface area contributed by atoms with Crippen molar-refractivity contribution in [2.24, 2.45) is 5.73 Å². The van der Waals surface area contributed by atoms with Gasteiger partial charge in [0.15, 0.2) is 5.13 Å². The predicted molar refractivity (Wildman–Crippen MR) is 70.2 cm³/mol. The van der Waals surface area contributed by atoms with Gasteiger partial charge in [0.25, 0.3) is 0 Å². The smallest absolute Gasteiger partial charge is 0.214 e. The van der Waals surface area contributed by atoms with Gasteiger partial charge >= 0.3 is 0 Å². The highest BCUT2D eigenvalue weighted by atomic mass is 32.1. The molecule has 0 bridgehead atoms. The number of anilines is 2. The lowest BCUT2D eigenvalue weighted by molar-refractivity contribution is 0.266. The number of pyridine rings is 1. The van der Waals surface area contributed by atoms with Gasteiger partial charge in [-0.05, 0) is 6.07 Å². The lowest BCUT2D eigenvalue weighted by Gasteiger charge is -2.04. The first-order chi connectivity index (χ1) is 8.72. The number of methoxy groups -OCH3 is 1. The van der Waals surface area contributed by atoms with Gasteiger partial charge in [-0.25, -0.2) is 4.98 Å². The Bertz CT molecular complexity index is 517. The first-order valence-corrected chi connectivity index (χ1v) is 6.21. The topological polar surface area (TPSA) is 93.3 Å². The zero-order valence-electron chi connectivity index (χ0n) is 9.83. The lowest BCUT2D eigenvalue weighted by Crippen LogP contribution is -2.14. The van der Waals surface area contributed by atoms with Gasteiger partial charge in [-0.15, -0.1) is 11.3 Å². The number of nitrogens with two attached hydrogens (primary N) is 1. The van der Waals surface area contributed by atoms with Crippen molar-refractivity contribution in [2.45, 2.75) is 6.04 Å². The van der Waals surface area contributed by atoms with Gasteiger partial charge in [0, 0.05) is 11.4 Å². The van der Waals surface area contributed by atoms with E-state index in [2.05, 4.69) is 15.3 Å². The maximum absolute atomic E-state index is 8.95. The zero-order chi connectivity index (χ0) is 13.0. The molecule has 0 amide bonds. The van der Waals surface area contributed by atoms with E-state index in [9.17, 15) is 0 Å². The maximum Gasteiger partial charge on any atom is 0.214 e. The molecule has 0 fully saturated rings. The highest BCUT2D eigenvalue weighted by Gasteiger charge is 2.09. The van der Waals surface area contributed by atoms with E-state index in [1.807, 2.05) is 17.5 Å². The second-order valence-electron chi connectivity index (χ2n) is 3.56. The van der Waals surface area contributed by atoms with Crippen molar-refractivity contribution in [3.63, 3.8) is 0 Å². The minimum atomic E-state index is -0.449. The summed E-state index contributed by atoms with van der Waals surface area (Å²) in [5, 5.41) is 14.5. The molecule has 0 spiro atoms. The second kappa shape index (κ2) is 5.76. The number of ether oxygens (including phenoxy) is 1. The van der Waals surface area contributed by atoms with Crippen molar-refractivity contribution in [3.05, 3.63) is 29.3 Å². The van der Waals surface area contributed by atoms with E-state index in [0.717, 1.165) is 0 Å². The Morgan fingerprint density at radius 3 is 3.06 bits per heavy atom. The van der Waals surface area contributed by atoms with Crippen LogP contribution in [-0.2, 0) is 0 Å². The molecule has 2 rings (SSSR count). The number of aliphatic hydroxyl groups excluding tert-OH is 1. The highest BCUT2D eigenvalue weighted by Crippen LogP contribution is 2.23. The van der Waals surface area contributed by atoms with Crippen molar-refractivity contribution in [3.8, 4) is 5.88 Å². The third-order valence-electron chi connectivity index (χ3n) is 2.27. The molecule has 6 nitrogen and oxygen atoms in total. The van der Waals surface area contributed by atoms with Crippen LogP contribution in [0.2, 0.25) is 0 Å². The average molecular weight is 266 g/mol. The number of hydrogen-bond donors (Lipinski definition) is 3. The Morgan fingerprint density at radius 1 is 1.50 bits per heavy atom. The molecule has 1 atom stereocenters. The molecule has 0 saturated heterocycles. The lowest BCUT2D eigenvalue weighted by atomic mass is 10.3. The van der Waals surface area contributed by atoms with Gasteiger partial charge in [0.05, 0.1) is 25.5 Å². The van der Waals surface area contributed by atoms with Crippen LogP contribution in [0, 0.1) is 0 Å². The predicted octanol–water partition coefficient (Wildman–Crippen LogP) is 1.28. The van der Waals surface area contributed by atoms with Crippen molar-refractivity contribution in [1.29, 1.82) is 0 Å². The number of thiazole rings is 1. The standard InChI is InChI=1S/C11H14N4O2S/c1-17-10-4-2-3-9(14-10)15-11-13-8(6-18-11)7(12)5-16/h2-4,6-7,16H,5,12H2,1H3,(H,13,14,15). The Morgan fingerprint density at radius 2 is 2.33 bits per heavy atom. The Hall–Kier alpha value is -1.70. The molecule has 2 aromatic heterocycles. The monoisotopic (exact) mass is 266 g/mol. The van der Waals surface area contributed by atoms with Gasteiger partial charge in [0.2, 0.25) is 5.88 Å². The number of rotatable bonds is 5. The molecule has 0 aromatic carbocycles. The van der Waals surface area contributed by atoms with Crippen LogP contribution in [0.1, 0.15) is 11.7 Å². The fourth-order valence-electron chi connectivity index (χ4n) is 1.32. The molecule has 0 saturated carbocycles. The Kier molecular flexibility index (Phi) is 4.08. The molecular formula is C11H14N4O2S. The van der Waals surface area contributed by atoms with E-state index in [1.165, 1.54) is 11.3 Å². The Labute approximate surface area is 108 Å². The number of aliphatic hydroxyl groups is 1. The molecule has 2 aromatic rings. The number of nitrogens with one attached hydrogen (secondary N) is 1. The van der Waals surface area contributed by atoms with E-state index in [4.69, 9.17) is 15.6 Å². The summed E-state index contributed by atoms with van der Waals surface area (Å²) in [4.78, 5) is 8.49. The number of nitrogens with zero attached hydrogens (tertiary/aromatic N) is 2. The van der Waals surface area contributed by atoms with Crippen molar-refractivity contribution in [2.75, 3.05) is 19.0 Å². The van der Waals surface area contributed by atoms with Gasteiger partial charge in [-0.2, -0.15) is 4.98 Å². The molecule has 18 heavy (non-hydrogen) atoms. The summed E-state index contributed by atoms with van der Waals surface area (Å²) in [6.45, 7) is -0.124. The quantitative estimate of drug-likeness (QED) is 0.755. The molecule has 0 aliphatic carbocycles. The molecule has 0 radical (unpaired) electrons. The molecule has 0 aliphatic rings. The van der Waals surface area contributed by atoms with Crippen LogP contribution in [0.25, 0.3) is 0 Å². The second-order valence-corrected chi connectivity index (χ2v) is 4.41. The van der Waals surface area contributed by atoms with E-state index in [1.54, 1.807) is 13.2 Å². The summed E-state index contributed by atoms with van der Waals surface area (Å²) in [6.07, 6.45) is 0. The van der Waals surface area contributed by atoms with Crippen LogP contribution in [0.4, 0.5) is 10.9 Å². The molecule has 96 valence electrons. The van der Waals surface area contributed by atoms with E-state index < -0.39 is 6.04 Å². The molecule has 1 unspecified atom stereocenters. The fourth-order valence-corrected chi connectivity index (χ4v) is 2.10. The van der Waals surface area contributed by atoms with E-state index in [-0.39, 0.29) is 6.61 Å². The first-order valence-electron chi connectivity index (χ1n) is 5.33. The highest BCUT2D eigenvalue weighted by molar-refractivity contribution is 7.13. The Balaban J connectivity index is 2.11. The SMILES string of the molecule is COc1cccc(Nc2nc(C(N)CO)cs2)n1. The van der Waals surface area contributed by atoms with Crippen molar-refractivity contribution < 1.29 is 9.84 Å². The summed E-state index contributed by atoms with van der Waals surface area (Å²) in [6, 6.07) is 4.97. The molecule has 2 heterocycles. The molecule has 0 aliphatic heterocycles. The summed E-state index contributed by atoms with van der Waals surface area (Å²) in [5.74, 6) is 1.18.